The summed E-state index contributed by atoms with van der Waals surface area (Å²) in [6.07, 6.45) is 1.76. The highest BCUT2D eigenvalue weighted by atomic mass is 16.5. The number of ether oxygens (including phenoxy) is 1. The molecule has 0 radical (unpaired) electrons. The van der Waals surface area contributed by atoms with E-state index < -0.39 is 11.2 Å². The lowest BCUT2D eigenvalue weighted by Gasteiger charge is -2.29. The third kappa shape index (κ3) is 5.39. The third-order valence-electron chi connectivity index (χ3n) is 8.10. The van der Waals surface area contributed by atoms with Gasteiger partial charge in [0.2, 0.25) is 5.75 Å². The fourth-order valence-corrected chi connectivity index (χ4v) is 5.80. The Morgan fingerprint density at radius 1 is 0.930 bits per heavy atom. The molecule has 9 heteroatoms. The number of aryl methyl sites for hydroxylation is 3. The largest absolute Gasteiger partial charge is 0.508 e. The molecule has 1 aliphatic rings. The predicted molar refractivity (Wildman–Crippen MR) is 168 cm³/mol. The Kier molecular flexibility index (Phi) is 7.73. The molecule has 1 aliphatic heterocycles. The van der Waals surface area contributed by atoms with Crippen LogP contribution in [0.4, 0.5) is 5.82 Å². The van der Waals surface area contributed by atoms with E-state index in [0.717, 1.165) is 55.1 Å². The van der Waals surface area contributed by atoms with Crippen molar-refractivity contribution in [3.63, 3.8) is 0 Å². The second-order valence-electron chi connectivity index (χ2n) is 10.8. The Morgan fingerprint density at radius 3 is 2.42 bits per heavy atom. The zero-order valence-electron chi connectivity index (χ0n) is 24.2. The number of hydrogen-bond donors (Lipinski definition) is 5. The zero-order valence-corrected chi connectivity index (χ0v) is 24.2. The molecule has 9 nitrogen and oxygen atoms in total. The molecule has 0 aliphatic carbocycles. The van der Waals surface area contributed by atoms with E-state index in [1.54, 1.807) is 12.1 Å². The molecule has 0 bridgehead atoms. The van der Waals surface area contributed by atoms with Crippen molar-refractivity contribution in [2.45, 2.75) is 26.2 Å². The average Bonchev–Trinajstić information content (AvgIpc) is 3.47. The van der Waals surface area contributed by atoms with Gasteiger partial charge in [-0.1, -0.05) is 31.2 Å². The smallest absolute Gasteiger partial charge is 0.204 e. The molecule has 0 spiro atoms. The van der Waals surface area contributed by atoms with Crippen molar-refractivity contribution in [3.05, 3.63) is 87.7 Å². The summed E-state index contributed by atoms with van der Waals surface area (Å²) in [6.45, 7) is 5.89. The number of phenols is 3. The minimum absolute atomic E-state index is 0.0546. The van der Waals surface area contributed by atoms with Crippen molar-refractivity contribution < 1.29 is 24.5 Å². The first-order valence-electron chi connectivity index (χ1n) is 14.5. The maximum absolute atomic E-state index is 13.2. The molecule has 0 saturated carbocycles. The van der Waals surface area contributed by atoms with Gasteiger partial charge in [0.05, 0.1) is 7.11 Å². The number of hydrogen-bond acceptors (Lipinski definition) is 8. The van der Waals surface area contributed by atoms with Crippen LogP contribution in [-0.2, 0) is 19.3 Å². The highest BCUT2D eigenvalue weighted by molar-refractivity contribution is 5.92. The van der Waals surface area contributed by atoms with E-state index in [1.165, 1.54) is 31.0 Å². The first kappa shape index (κ1) is 28.2. The molecular weight excluding hydrogens is 546 g/mol. The van der Waals surface area contributed by atoms with E-state index in [-0.39, 0.29) is 34.0 Å². The van der Waals surface area contributed by atoms with Crippen LogP contribution in [0.2, 0.25) is 0 Å². The van der Waals surface area contributed by atoms with Gasteiger partial charge in [0.1, 0.15) is 28.3 Å². The summed E-state index contributed by atoms with van der Waals surface area (Å²) >= 11 is 0. The van der Waals surface area contributed by atoms with Gasteiger partial charge in [0, 0.05) is 54.6 Å². The number of benzene rings is 3. The number of aromatic nitrogens is 1. The van der Waals surface area contributed by atoms with Gasteiger partial charge in [-0.05, 0) is 60.7 Å². The molecule has 3 aromatic carbocycles. The number of nitrogens with one attached hydrogen (secondary N) is 2. The van der Waals surface area contributed by atoms with Crippen LogP contribution in [-0.4, -0.2) is 53.6 Å². The molecule has 222 valence electrons. The van der Waals surface area contributed by atoms with Crippen LogP contribution in [0.1, 0.15) is 23.7 Å². The van der Waals surface area contributed by atoms with E-state index in [0.29, 0.717) is 24.0 Å². The molecule has 0 unspecified atom stereocenters. The van der Waals surface area contributed by atoms with Gasteiger partial charge >= 0.3 is 0 Å². The van der Waals surface area contributed by atoms with E-state index in [2.05, 4.69) is 40.3 Å². The summed E-state index contributed by atoms with van der Waals surface area (Å²) in [7, 11) is 1.33. The number of piperazine rings is 1. The fourth-order valence-electron chi connectivity index (χ4n) is 5.80. The Balaban J connectivity index is 1.38. The quantitative estimate of drug-likeness (QED) is 0.166. The van der Waals surface area contributed by atoms with Crippen LogP contribution >= 0.6 is 0 Å². The standard InChI is InChI=1S/C34H35N3O6/c1-3-23-18-26(34(36-23)37-15-13-35-14-16-37)22-6-4-5-20(17-22)7-12-25-30(40)33(42-2)31(41)29-27(39)19-28(43-32(25)29)21-8-10-24(38)11-9-21/h4-6,8-11,17-19,35-36,38,40-41H,3,7,12-16H2,1-2H3. The lowest BCUT2D eigenvalue weighted by molar-refractivity contribution is 0.344. The van der Waals surface area contributed by atoms with Crippen LogP contribution < -0.4 is 20.4 Å². The lowest BCUT2D eigenvalue weighted by atomic mass is 9.97. The van der Waals surface area contributed by atoms with Crippen molar-refractivity contribution in [1.82, 2.24) is 10.3 Å². The fraction of sp³-hybridized carbons (Fsp3) is 0.265. The summed E-state index contributed by atoms with van der Waals surface area (Å²) in [5.74, 6) is 0.567. The highest BCUT2D eigenvalue weighted by Crippen LogP contribution is 2.45. The van der Waals surface area contributed by atoms with Crippen LogP contribution in [0.3, 0.4) is 0 Å². The maximum atomic E-state index is 13.2. The van der Waals surface area contributed by atoms with E-state index in [4.69, 9.17) is 9.15 Å². The summed E-state index contributed by atoms with van der Waals surface area (Å²) in [5.41, 5.74) is 5.04. The van der Waals surface area contributed by atoms with Crippen LogP contribution in [0.15, 0.2) is 69.9 Å². The van der Waals surface area contributed by atoms with Gasteiger partial charge in [-0.3, -0.25) is 4.79 Å². The number of aromatic amines is 1. The summed E-state index contributed by atoms with van der Waals surface area (Å²) in [6, 6.07) is 18.1. The molecule has 0 amide bonds. The number of aromatic hydroxyl groups is 3. The number of methoxy groups -OCH3 is 1. The molecule has 5 aromatic rings. The topological polar surface area (TPSA) is 131 Å². The summed E-state index contributed by atoms with van der Waals surface area (Å²) in [4.78, 5) is 19.2. The van der Waals surface area contributed by atoms with Crippen molar-refractivity contribution in [1.29, 1.82) is 0 Å². The number of anilines is 1. The van der Waals surface area contributed by atoms with Gasteiger partial charge < -0.3 is 39.7 Å². The Labute approximate surface area is 249 Å². The van der Waals surface area contributed by atoms with Crippen LogP contribution in [0, 0.1) is 0 Å². The van der Waals surface area contributed by atoms with Crippen molar-refractivity contribution in [2.24, 2.45) is 0 Å². The molecule has 2 aromatic heterocycles. The number of phenolic OH excluding ortho intramolecular Hbond substituents is 3. The second kappa shape index (κ2) is 11.8. The van der Waals surface area contributed by atoms with Gasteiger partial charge in [0.25, 0.3) is 0 Å². The molecule has 1 saturated heterocycles. The van der Waals surface area contributed by atoms with Crippen molar-refractivity contribution in [3.8, 4) is 45.4 Å². The third-order valence-corrected chi connectivity index (χ3v) is 8.10. The van der Waals surface area contributed by atoms with E-state index in [1.807, 2.05) is 12.1 Å². The number of fused-ring (bicyclic) bond motifs is 1. The predicted octanol–water partition coefficient (Wildman–Crippen LogP) is 5.34. The lowest BCUT2D eigenvalue weighted by Crippen LogP contribution is -2.43. The number of rotatable bonds is 8. The first-order chi connectivity index (χ1) is 20.9. The molecule has 0 atom stereocenters. The van der Waals surface area contributed by atoms with Crippen molar-refractivity contribution in [2.75, 3.05) is 38.2 Å². The van der Waals surface area contributed by atoms with Gasteiger partial charge in [-0.15, -0.1) is 0 Å². The normalized spacial score (nSPS) is 13.5. The average molecular weight is 582 g/mol. The van der Waals surface area contributed by atoms with Crippen LogP contribution in [0.25, 0.3) is 33.4 Å². The zero-order chi connectivity index (χ0) is 30.1. The minimum Gasteiger partial charge on any atom is -0.508 e. The maximum Gasteiger partial charge on any atom is 0.204 e. The Morgan fingerprint density at radius 2 is 1.70 bits per heavy atom. The number of H-pyrrole nitrogens is 1. The summed E-state index contributed by atoms with van der Waals surface area (Å²) < 4.78 is 11.5. The SMILES string of the molecule is CCc1cc(-c2cccc(CCc3c(O)c(OC)c(O)c4c(=O)cc(-c5ccc(O)cc5)oc34)c2)c(N2CCNCC2)[nH]1. The molecule has 5 N–H and O–H groups in total. The second-order valence-corrected chi connectivity index (χ2v) is 10.8. The Hall–Kier alpha value is -4.89. The molecule has 43 heavy (non-hydrogen) atoms. The van der Waals surface area contributed by atoms with Gasteiger partial charge in [0.15, 0.2) is 16.9 Å². The van der Waals surface area contributed by atoms with Crippen molar-refractivity contribution >= 4 is 16.8 Å². The number of nitrogens with zero attached hydrogens (tertiary/aromatic N) is 1. The summed E-state index contributed by atoms with van der Waals surface area (Å²) in [5, 5.41) is 35.1. The van der Waals surface area contributed by atoms with Gasteiger partial charge in [-0.2, -0.15) is 0 Å². The molecular formula is C34H35N3O6. The first-order valence-corrected chi connectivity index (χ1v) is 14.5. The van der Waals surface area contributed by atoms with E-state index >= 15 is 0 Å². The van der Waals surface area contributed by atoms with Gasteiger partial charge in [-0.25, -0.2) is 0 Å². The van der Waals surface area contributed by atoms with E-state index in [9.17, 15) is 20.1 Å². The minimum atomic E-state index is -0.469. The van der Waals surface area contributed by atoms with Crippen LogP contribution in [0.5, 0.6) is 23.0 Å². The Bertz CT molecular complexity index is 1830. The monoisotopic (exact) mass is 581 g/mol. The molecule has 1 fully saturated rings. The highest BCUT2D eigenvalue weighted by Gasteiger charge is 2.25. The molecule has 3 heterocycles. The molecule has 6 rings (SSSR count).